The Balaban J connectivity index is 2.22. The zero-order valence-corrected chi connectivity index (χ0v) is 12.9. The van der Waals surface area contributed by atoms with E-state index in [0.717, 1.165) is 25.3 Å². The number of anilines is 1. The molecule has 0 saturated heterocycles. The number of hydrogen-bond donors (Lipinski definition) is 1. The van der Waals surface area contributed by atoms with Crippen molar-refractivity contribution in [2.24, 2.45) is 7.05 Å². The molecule has 19 heavy (non-hydrogen) atoms. The predicted molar refractivity (Wildman–Crippen MR) is 81.8 cm³/mol. The fraction of sp³-hybridized carbons (Fsp3) is 0.500. The minimum absolute atomic E-state index is 0.875. The normalized spacial score (nSPS) is 10.9. The van der Waals surface area contributed by atoms with Crippen molar-refractivity contribution in [2.45, 2.75) is 26.9 Å². The molecule has 0 aliphatic heterocycles. The van der Waals surface area contributed by atoms with Gasteiger partial charge in [0.2, 0.25) is 0 Å². The standard InChI is InChI=1S/C14H22N4S/c1-5-15-9-13-11(2)16-18(4)14(13)17(3)10-12-7-6-8-19-12/h6-8,15H,5,9-10H2,1-4H3. The van der Waals surface area contributed by atoms with Gasteiger partial charge in [0, 0.05) is 31.1 Å². The Kier molecular flexibility index (Phi) is 4.61. The maximum atomic E-state index is 4.55. The zero-order chi connectivity index (χ0) is 13.8. The summed E-state index contributed by atoms with van der Waals surface area (Å²) in [6.07, 6.45) is 0. The van der Waals surface area contributed by atoms with E-state index in [1.807, 2.05) is 11.7 Å². The molecule has 0 aliphatic rings. The molecule has 0 aliphatic carbocycles. The number of rotatable bonds is 6. The van der Waals surface area contributed by atoms with E-state index in [1.165, 1.54) is 16.3 Å². The zero-order valence-electron chi connectivity index (χ0n) is 12.1. The highest BCUT2D eigenvalue weighted by atomic mass is 32.1. The Morgan fingerprint density at radius 3 is 2.89 bits per heavy atom. The molecule has 0 aromatic carbocycles. The molecule has 0 unspecified atom stereocenters. The van der Waals surface area contributed by atoms with Gasteiger partial charge in [-0.1, -0.05) is 13.0 Å². The third-order valence-corrected chi connectivity index (χ3v) is 4.06. The van der Waals surface area contributed by atoms with Crippen molar-refractivity contribution in [3.8, 4) is 0 Å². The van der Waals surface area contributed by atoms with Crippen molar-refractivity contribution in [1.29, 1.82) is 0 Å². The smallest absolute Gasteiger partial charge is 0.131 e. The number of thiophene rings is 1. The fourth-order valence-electron chi connectivity index (χ4n) is 2.34. The summed E-state index contributed by atoms with van der Waals surface area (Å²) in [4.78, 5) is 3.65. The van der Waals surface area contributed by atoms with E-state index in [4.69, 9.17) is 0 Å². The Bertz CT molecular complexity index is 516. The second-order valence-corrected chi connectivity index (χ2v) is 5.76. The van der Waals surface area contributed by atoms with E-state index in [9.17, 15) is 0 Å². The van der Waals surface area contributed by atoms with Crippen LogP contribution in [-0.4, -0.2) is 23.4 Å². The Morgan fingerprint density at radius 1 is 1.47 bits per heavy atom. The first kappa shape index (κ1) is 14.1. The SMILES string of the molecule is CCNCc1c(C)nn(C)c1N(C)Cc1cccs1. The second kappa shape index (κ2) is 6.21. The number of aromatic nitrogens is 2. The van der Waals surface area contributed by atoms with Crippen molar-refractivity contribution < 1.29 is 0 Å². The first-order chi connectivity index (χ1) is 9.13. The van der Waals surface area contributed by atoms with Crippen LogP contribution in [0.2, 0.25) is 0 Å². The van der Waals surface area contributed by atoms with Crippen LogP contribution in [0.4, 0.5) is 5.82 Å². The lowest BCUT2D eigenvalue weighted by molar-refractivity contribution is 0.710. The summed E-state index contributed by atoms with van der Waals surface area (Å²) in [6.45, 7) is 6.98. The molecule has 104 valence electrons. The lowest BCUT2D eigenvalue weighted by atomic mass is 10.2. The molecule has 0 amide bonds. The van der Waals surface area contributed by atoms with E-state index < -0.39 is 0 Å². The van der Waals surface area contributed by atoms with E-state index in [0.29, 0.717) is 0 Å². The molecule has 2 aromatic heterocycles. The number of aryl methyl sites for hydroxylation is 2. The molecule has 4 nitrogen and oxygen atoms in total. The minimum Gasteiger partial charge on any atom is -0.354 e. The summed E-state index contributed by atoms with van der Waals surface area (Å²) in [5, 5.41) is 10.1. The molecule has 0 atom stereocenters. The van der Waals surface area contributed by atoms with Crippen LogP contribution in [-0.2, 0) is 20.1 Å². The highest BCUT2D eigenvalue weighted by molar-refractivity contribution is 7.09. The van der Waals surface area contributed by atoms with Gasteiger partial charge >= 0.3 is 0 Å². The summed E-state index contributed by atoms with van der Waals surface area (Å²) < 4.78 is 1.98. The highest BCUT2D eigenvalue weighted by Gasteiger charge is 2.16. The molecule has 2 rings (SSSR count). The first-order valence-corrected chi connectivity index (χ1v) is 7.48. The maximum Gasteiger partial charge on any atom is 0.131 e. The van der Waals surface area contributed by atoms with Crippen LogP contribution in [0.3, 0.4) is 0 Å². The Labute approximate surface area is 119 Å². The van der Waals surface area contributed by atoms with Gasteiger partial charge in [-0.3, -0.25) is 4.68 Å². The van der Waals surface area contributed by atoms with Crippen LogP contribution in [0.5, 0.6) is 0 Å². The van der Waals surface area contributed by atoms with Gasteiger partial charge in [0.25, 0.3) is 0 Å². The average molecular weight is 278 g/mol. The van der Waals surface area contributed by atoms with Crippen LogP contribution in [0, 0.1) is 6.92 Å². The van der Waals surface area contributed by atoms with Crippen molar-refractivity contribution in [3.63, 3.8) is 0 Å². The van der Waals surface area contributed by atoms with Gasteiger partial charge in [0.15, 0.2) is 0 Å². The summed E-state index contributed by atoms with van der Waals surface area (Å²) in [7, 11) is 4.15. The van der Waals surface area contributed by atoms with Crippen molar-refractivity contribution in [1.82, 2.24) is 15.1 Å². The molecule has 0 radical (unpaired) electrons. The molecule has 0 fully saturated rings. The van der Waals surface area contributed by atoms with Crippen LogP contribution in [0.1, 0.15) is 23.1 Å². The molecule has 0 spiro atoms. The third-order valence-electron chi connectivity index (χ3n) is 3.20. The monoisotopic (exact) mass is 278 g/mol. The van der Waals surface area contributed by atoms with Crippen LogP contribution < -0.4 is 10.2 Å². The molecular weight excluding hydrogens is 256 g/mol. The number of hydrogen-bond acceptors (Lipinski definition) is 4. The second-order valence-electron chi connectivity index (χ2n) is 4.73. The van der Waals surface area contributed by atoms with Gasteiger partial charge < -0.3 is 10.2 Å². The minimum atomic E-state index is 0.875. The number of nitrogens with zero attached hydrogens (tertiary/aromatic N) is 3. The predicted octanol–water partition coefficient (Wildman–Crippen LogP) is 2.54. The van der Waals surface area contributed by atoms with Crippen LogP contribution >= 0.6 is 11.3 Å². The van der Waals surface area contributed by atoms with E-state index in [1.54, 1.807) is 11.3 Å². The summed E-state index contributed by atoms with van der Waals surface area (Å²) in [6, 6.07) is 4.27. The molecule has 5 heteroatoms. The lowest BCUT2D eigenvalue weighted by Crippen LogP contribution is -2.22. The lowest BCUT2D eigenvalue weighted by Gasteiger charge is -2.20. The highest BCUT2D eigenvalue weighted by Crippen LogP contribution is 2.24. The molecule has 0 bridgehead atoms. The first-order valence-electron chi connectivity index (χ1n) is 6.60. The maximum absolute atomic E-state index is 4.55. The molecular formula is C14H22N4S. The fourth-order valence-corrected chi connectivity index (χ4v) is 3.09. The third kappa shape index (κ3) is 3.16. The van der Waals surface area contributed by atoms with Crippen LogP contribution in [0.15, 0.2) is 17.5 Å². The number of nitrogens with one attached hydrogen (secondary N) is 1. The Morgan fingerprint density at radius 2 is 2.26 bits per heavy atom. The topological polar surface area (TPSA) is 33.1 Å². The largest absolute Gasteiger partial charge is 0.354 e. The van der Waals surface area contributed by atoms with Gasteiger partial charge in [-0.25, -0.2) is 0 Å². The van der Waals surface area contributed by atoms with Crippen LogP contribution in [0.25, 0.3) is 0 Å². The molecule has 2 aromatic rings. The van der Waals surface area contributed by atoms with Crippen molar-refractivity contribution in [2.75, 3.05) is 18.5 Å². The van der Waals surface area contributed by atoms with Gasteiger partial charge in [0.1, 0.15) is 5.82 Å². The van der Waals surface area contributed by atoms with Gasteiger partial charge in [0.05, 0.1) is 12.2 Å². The van der Waals surface area contributed by atoms with Crippen molar-refractivity contribution in [3.05, 3.63) is 33.6 Å². The Hall–Kier alpha value is -1.33. The summed E-state index contributed by atoms with van der Waals surface area (Å²) >= 11 is 1.80. The van der Waals surface area contributed by atoms with E-state index in [-0.39, 0.29) is 0 Å². The quantitative estimate of drug-likeness (QED) is 0.881. The van der Waals surface area contributed by atoms with E-state index >= 15 is 0 Å². The van der Waals surface area contributed by atoms with Crippen molar-refractivity contribution >= 4 is 17.2 Å². The van der Waals surface area contributed by atoms with Gasteiger partial charge in [-0.2, -0.15) is 5.10 Å². The summed E-state index contributed by atoms with van der Waals surface area (Å²) in [5.41, 5.74) is 2.40. The summed E-state index contributed by atoms with van der Waals surface area (Å²) in [5.74, 6) is 1.20. The molecule has 2 heterocycles. The van der Waals surface area contributed by atoms with Gasteiger partial charge in [-0.05, 0) is 24.9 Å². The molecule has 1 N–H and O–H groups in total. The average Bonchev–Trinajstić information content (AvgIpc) is 2.94. The van der Waals surface area contributed by atoms with Gasteiger partial charge in [-0.15, -0.1) is 11.3 Å². The molecule has 0 saturated carbocycles. The van der Waals surface area contributed by atoms with E-state index in [2.05, 4.69) is 53.7 Å².